The number of halogens is 1. The molecule has 1 aliphatic rings. The van der Waals surface area contributed by atoms with Gasteiger partial charge in [-0.25, -0.2) is 9.12 Å². The van der Waals surface area contributed by atoms with Crippen LogP contribution >= 0.6 is 0 Å². The lowest BCUT2D eigenvalue weighted by atomic mass is 10.1. The van der Waals surface area contributed by atoms with Gasteiger partial charge in [0.1, 0.15) is 5.82 Å². The summed E-state index contributed by atoms with van der Waals surface area (Å²) >= 11 is 0. The molecule has 0 saturated heterocycles. The third kappa shape index (κ3) is 2.81. The summed E-state index contributed by atoms with van der Waals surface area (Å²) in [6.45, 7) is 0. The molecule has 0 bridgehead atoms. The van der Waals surface area contributed by atoms with Crippen molar-refractivity contribution in [3.05, 3.63) is 34.4 Å². The van der Waals surface area contributed by atoms with Crippen molar-refractivity contribution < 1.29 is 14.0 Å². The lowest BCUT2D eigenvalue weighted by molar-refractivity contribution is -0.672. The van der Waals surface area contributed by atoms with Crippen LogP contribution in [0.2, 0.25) is 0 Å². The van der Waals surface area contributed by atoms with E-state index in [-0.39, 0.29) is 23.0 Å². The molecule has 3 rings (SSSR count). The molecule has 6 nitrogen and oxygen atoms in total. The van der Waals surface area contributed by atoms with Gasteiger partial charge in [0, 0.05) is 4.85 Å². The van der Waals surface area contributed by atoms with Crippen LogP contribution in [-0.4, -0.2) is 11.1 Å². The molecule has 2 aromatic rings. The number of aromatic nitrogens is 3. The summed E-state index contributed by atoms with van der Waals surface area (Å²) < 4.78 is 13.7. The Morgan fingerprint density at radius 3 is 2.52 bits per heavy atom. The molecule has 1 aromatic carbocycles. The molecule has 1 N–H and O–H groups in total. The van der Waals surface area contributed by atoms with Crippen LogP contribution in [-0.2, 0) is 0 Å². The van der Waals surface area contributed by atoms with Gasteiger partial charge in [0.25, 0.3) is 0 Å². The number of anilines is 1. The van der Waals surface area contributed by atoms with Gasteiger partial charge in [-0.1, -0.05) is 25.7 Å². The minimum atomic E-state index is -0.571. The molecule has 1 aromatic heterocycles. The average molecular weight is 292 g/mol. The normalized spacial score (nSPS) is 16.8. The SMILES string of the molecule is [O-][n+]1nc(NC2CCCCCC2)[n+]([O-])c2ccc(F)cc21. The molecule has 0 spiro atoms. The van der Waals surface area contributed by atoms with E-state index in [1.165, 1.54) is 18.9 Å². The first-order valence-electron chi connectivity index (χ1n) is 7.24. The maximum atomic E-state index is 13.2. The number of hydrogen-bond acceptors (Lipinski definition) is 4. The van der Waals surface area contributed by atoms with E-state index in [1.807, 2.05) is 0 Å². The summed E-state index contributed by atoms with van der Waals surface area (Å²) in [5, 5.41) is 30.9. The predicted molar refractivity (Wildman–Crippen MR) is 74.7 cm³/mol. The third-order valence-corrected chi connectivity index (χ3v) is 3.93. The fourth-order valence-electron chi connectivity index (χ4n) is 2.81. The summed E-state index contributed by atoms with van der Waals surface area (Å²) in [6.07, 6.45) is 6.52. The molecule has 1 fully saturated rings. The number of nitrogens with one attached hydrogen (secondary N) is 1. The van der Waals surface area contributed by atoms with E-state index in [9.17, 15) is 14.8 Å². The molecule has 1 saturated carbocycles. The minimum absolute atomic E-state index is 0.0176. The van der Waals surface area contributed by atoms with E-state index in [0.717, 1.165) is 37.8 Å². The molecular weight excluding hydrogens is 275 g/mol. The number of fused-ring (bicyclic) bond motifs is 1. The van der Waals surface area contributed by atoms with Crippen LogP contribution in [0.1, 0.15) is 38.5 Å². The van der Waals surface area contributed by atoms with Gasteiger partial charge in [0.15, 0.2) is 5.52 Å². The summed E-state index contributed by atoms with van der Waals surface area (Å²) in [5.41, 5.74) is 0.0361. The number of rotatable bonds is 2. The Morgan fingerprint density at radius 1 is 1.10 bits per heavy atom. The maximum Gasteiger partial charge on any atom is 0.461 e. The zero-order chi connectivity index (χ0) is 14.8. The van der Waals surface area contributed by atoms with Crippen LogP contribution in [0.25, 0.3) is 11.0 Å². The zero-order valence-corrected chi connectivity index (χ0v) is 11.6. The average Bonchev–Trinajstić information content (AvgIpc) is 2.73. The summed E-state index contributed by atoms with van der Waals surface area (Å²) in [5.74, 6) is -0.589. The highest BCUT2D eigenvalue weighted by atomic mass is 19.1. The zero-order valence-electron chi connectivity index (χ0n) is 11.6. The van der Waals surface area contributed by atoms with Crippen molar-refractivity contribution in [1.29, 1.82) is 0 Å². The number of hydrogen-bond donors (Lipinski definition) is 1. The second-order valence-corrected chi connectivity index (χ2v) is 5.46. The summed E-state index contributed by atoms with van der Waals surface area (Å²) in [4.78, 5) is 0.297. The highest BCUT2D eigenvalue weighted by Gasteiger charge is 2.24. The van der Waals surface area contributed by atoms with Gasteiger partial charge in [-0.15, -0.1) is 0 Å². The Hall–Kier alpha value is -2.18. The Kier molecular flexibility index (Phi) is 3.72. The molecule has 7 heteroatoms. The lowest BCUT2D eigenvalue weighted by Crippen LogP contribution is -2.45. The predicted octanol–water partition coefficient (Wildman–Crippen LogP) is 1.78. The van der Waals surface area contributed by atoms with Gasteiger partial charge < -0.3 is 10.4 Å². The monoisotopic (exact) mass is 292 g/mol. The smallest absolute Gasteiger partial charge is 0.461 e. The van der Waals surface area contributed by atoms with E-state index in [1.54, 1.807) is 0 Å². The van der Waals surface area contributed by atoms with Crippen LogP contribution in [0.4, 0.5) is 10.3 Å². The summed E-state index contributed by atoms with van der Waals surface area (Å²) in [7, 11) is 0. The Bertz CT molecular complexity index is 657. The van der Waals surface area contributed by atoms with Gasteiger partial charge in [0.05, 0.1) is 12.1 Å². The van der Waals surface area contributed by atoms with E-state index in [4.69, 9.17) is 0 Å². The van der Waals surface area contributed by atoms with Crippen molar-refractivity contribution in [3.63, 3.8) is 0 Å². The topological polar surface area (TPSA) is 78.8 Å². The molecule has 1 aliphatic carbocycles. The van der Waals surface area contributed by atoms with Crippen LogP contribution in [0.15, 0.2) is 18.2 Å². The molecule has 0 aliphatic heterocycles. The molecule has 21 heavy (non-hydrogen) atoms. The fraction of sp³-hybridized carbons (Fsp3) is 0.500. The molecule has 112 valence electrons. The van der Waals surface area contributed by atoms with Crippen molar-refractivity contribution in [2.75, 3.05) is 5.32 Å². The maximum absolute atomic E-state index is 13.2. The van der Waals surface area contributed by atoms with Gasteiger partial charge in [-0.05, 0) is 25.0 Å². The van der Waals surface area contributed by atoms with Gasteiger partial charge >= 0.3 is 11.5 Å². The van der Waals surface area contributed by atoms with Gasteiger partial charge in [-0.2, -0.15) is 0 Å². The third-order valence-electron chi connectivity index (χ3n) is 3.93. The van der Waals surface area contributed by atoms with Crippen LogP contribution in [0.3, 0.4) is 0 Å². The second kappa shape index (κ2) is 5.67. The van der Waals surface area contributed by atoms with E-state index in [2.05, 4.69) is 10.4 Å². The minimum Gasteiger partial charge on any atom is -0.739 e. The van der Waals surface area contributed by atoms with Crippen molar-refractivity contribution in [2.45, 2.75) is 44.6 Å². The lowest BCUT2D eigenvalue weighted by Gasteiger charge is -2.15. The van der Waals surface area contributed by atoms with Crippen LogP contribution < -0.4 is 14.9 Å². The number of nitrogens with zero attached hydrogens (tertiary/aromatic N) is 3. The Morgan fingerprint density at radius 2 is 1.81 bits per heavy atom. The van der Waals surface area contributed by atoms with Crippen molar-refractivity contribution >= 4 is 17.0 Å². The highest BCUT2D eigenvalue weighted by molar-refractivity contribution is 5.67. The van der Waals surface area contributed by atoms with Crippen molar-refractivity contribution in [1.82, 2.24) is 5.10 Å². The van der Waals surface area contributed by atoms with E-state index >= 15 is 0 Å². The van der Waals surface area contributed by atoms with Crippen LogP contribution in [0.5, 0.6) is 0 Å². The first-order valence-corrected chi connectivity index (χ1v) is 7.24. The fourth-order valence-corrected chi connectivity index (χ4v) is 2.81. The molecule has 0 unspecified atom stereocenters. The molecule has 1 heterocycles. The largest absolute Gasteiger partial charge is 0.739 e. The van der Waals surface area contributed by atoms with Crippen LogP contribution in [0, 0.1) is 16.2 Å². The molecule has 0 amide bonds. The van der Waals surface area contributed by atoms with Gasteiger partial charge in [0.2, 0.25) is 5.10 Å². The summed E-state index contributed by atoms with van der Waals surface area (Å²) in [6, 6.07) is 3.62. The van der Waals surface area contributed by atoms with Crippen molar-refractivity contribution in [3.8, 4) is 0 Å². The first-order chi connectivity index (χ1) is 10.1. The Balaban J connectivity index is 1.95. The standard InChI is InChI=1S/C14H17FN4O2/c15-10-7-8-12-13(9-10)19(21)17-14(18(12)20)16-11-5-3-1-2-4-6-11/h7-9,11H,1-6H2,(H,16,17). The molecule has 0 radical (unpaired) electrons. The molecular formula is C14H17FN4O2. The number of benzene rings is 1. The first kappa shape index (κ1) is 13.8. The quantitative estimate of drug-likeness (QED) is 0.520. The Labute approximate surface area is 121 Å². The van der Waals surface area contributed by atoms with E-state index in [0.29, 0.717) is 9.58 Å². The second-order valence-electron chi connectivity index (χ2n) is 5.46. The molecule has 0 atom stereocenters. The van der Waals surface area contributed by atoms with Crippen molar-refractivity contribution in [2.24, 2.45) is 0 Å². The van der Waals surface area contributed by atoms with E-state index < -0.39 is 5.82 Å². The highest BCUT2D eigenvalue weighted by Crippen LogP contribution is 2.19. The van der Waals surface area contributed by atoms with Gasteiger partial charge in [-0.3, -0.25) is 5.32 Å².